The molecule has 5 rings (SSSR count). The third kappa shape index (κ3) is 5.28. The zero-order valence-corrected chi connectivity index (χ0v) is 25.3. The van der Waals surface area contributed by atoms with Crippen LogP contribution in [0.5, 0.6) is 0 Å². The Morgan fingerprint density at radius 3 is 2.64 bits per heavy atom. The summed E-state index contributed by atoms with van der Waals surface area (Å²) in [4.78, 5) is 46.1. The van der Waals surface area contributed by atoms with Crippen LogP contribution < -0.4 is 4.90 Å². The van der Waals surface area contributed by atoms with Crippen molar-refractivity contribution in [2.45, 2.75) is 61.5 Å². The summed E-state index contributed by atoms with van der Waals surface area (Å²) in [6, 6.07) is 13.3. The van der Waals surface area contributed by atoms with Crippen LogP contribution in [0.4, 0.5) is 5.69 Å². The Morgan fingerprint density at radius 1 is 1.12 bits per heavy atom. The van der Waals surface area contributed by atoms with E-state index >= 15 is 0 Å². The van der Waals surface area contributed by atoms with E-state index in [1.165, 1.54) is 0 Å². The molecule has 7 nitrogen and oxygen atoms in total. The number of esters is 1. The lowest BCUT2D eigenvalue weighted by molar-refractivity contribution is -0.154. The average molecular weight is 591 g/mol. The van der Waals surface area contributed by atoms with Crippen molar-refractivity contribution in [3.8, 4) is 0 Å². The zero-order chi connectivity index (χ0) is 29.9. The molecule has 2 aromatic rings. The Balaban J connectivity index is 1.52. The molecular formula is C34H42N2O5S. The summed E-state index contributed by atoms with van der Waals surface area (Å²) in [7, 11) is 0. The van der Waals surface area contributed by atoms with Gasteiger partial charge in [-0.05, 0) is 67.3 Å². The van der Waals surface area contributed by atoms with Crippen molar-refractivity contribution in [2.75, 3.05) is 31.2 Å². The molecule has 3 unspecified atom stereocenters. The number of likely N-dealkylation sites (tertiary alicyclic amines) is 1. The topological polar surface area (TPSA) is 87.2 Å². The first-order chi connectivity index (χ1) is 20.4. The lowest BCUT2D eigenvalue weighted by Gasteiger charge is -2.40. The van der Waals surface area contributed by atoms with Crippen LogP contribution in [0.2, 0.25) is 0 Å². The van der Waals surface area contributed by atoms with Gasteiger partial charge in [-0.15, -0.1) is 24.9 Å². The van der Waals surface area contributed by atoms with Crippen molar-refractivity contribution >= 4 is 46.0 Å². The molecule has 2 bridgehead atoms. The van der Waals surface area contributed by atoms with Crippen LogP contribution in [0.25, 0.3) is 10.8 Å². The molecule has 3 fully saturated rings. The van der Waals surface area contributed by atoms with Crippen molar-refractivity contribution < 1.29 is 24.2 Å². The van der Waals surface area contributed by atoms with E-state index < -0.39 is 22.6 Å². The maximum atomic E-state index is 14.8. The van der Waals surface area contributed by atoms with E-state index in [1.807, 2.05) is 42.5 Å². The van der Waals surface area contributed by atoms with Crippen molar-refractivity contribution in [1.82, 2.24) is 4.90 Å². The molecule has 0 radical (unpaired) electrons. The number of hydrogen-bond acceptors (Lipinski definition) is 6. The summed E-state index contributed by atoms with van der Waals surface area (Å²) >= 11 is 1.67. The van der Waals surface area contributed by atoms with E-state index in [1.54, 1.807) is 33.7 Å². The fraction of sp³-hybridized carbons (Fsp3) is 0.500. The number of anilines is 1. The van der Waals surface area contributed by atoms with Crippen molar-refractivity contribution in [1.29, 1.82) is 0 Å². The number of benzene rings is 2. The summed E-state index contributed by atoms with van der Waals surface area (Å²) in [5, 5.41) is 11.4. The van der Waals surface area contributed by atoms with Crippen LogP contribution in [0, 0.1) is 17.8 Å². The Kier molecular flexibility index (Phi) is 9.43. The minimum Gasteiger partial charge on any atom is -0.465 e. The van der Waals surface area contributed by atoms with Gasteiger partial charge < -0.3 is 19.6 Å². The van der Waals surface area contributed by atoms with Crippen molar-refractivity contribution in [2.24, 2.45) is 17.8 Å². The molecule has 2 aromatic carbocycles. The number of hydrogen-bond donors (Lipinski definition) is 1. The number of fused-ring (bicyclic) bond motifs is 2. The normalized spacial score (nSPS) is 27.7. The van der Waals surface area contributed by atoms with E-state index in [0.29, 0.717) is 39.0 Å². The first kappa shape index (κ1) is 30.4. The number of allylic oxidation sites excluding steroid dienone is 1. The monoisotopic (exact) mass is 590 g/mol. The molecule has 3 heterocycles. The Bertz CT molecular complexity index is 1350. The minimum atomic E-state index is -0.711. The number of nitrogens with zero attached hydrogens (tertiary/aromatic N) is 2. The predicted molar refractivity (Wildman–Crippen MR) is 168 cm³/mol. The summed E-state index contributed by atoms with van der Waals surface area (Å²) in [5.74, 6) is -1.67. The number of aliphatic hydroxyl groups is 1. The van der Waals surface area contributed by atoms with Crippen LogP contribution in [0.1, 0.15) is 45.4 Å². The fourth-order valence-electron chi connectivity index (χ4n) is 7.32. The van der Waals surface area contributed by atoms with Gasteiger partial charge in [-0.3, -0.25) is 14.4 Å². The molecule has 3 saturated heterocycles. The highest BCUT2D eigenvalue weighted by Crippen LogP contribution is 2.68. The molecule has 1 N–H and O–H groups in total. The van der Waals surface area contributed by atoms with Gasteiger partial charge in [-0.25, -0.2) is 0 Å². The molecule has 0 aromatic heterocycles. The molecular weight excluding hydrogens is 548 g/mol. The van der Waals surface area contributed by atoms with Gasteiger partial charge in [-0.1, -0.05) is 49.4 Å². The molecule has 0 aliphatic carbocycles. The van der Waals surface area contributed by atoms with E-state index in [4.69, 9.17) is 4.74 Å². The number of rotatable bonds is 14. The molecule has 42 heavy (non-hydrogen) atoms. The van der Waals surface area contributed by atoms with Crippen LogP contribution in [0.3, 0.4) is 0 Å². The zero-order valence-electron chi connectivity index (χ0n) is 24.5. The Morgan fingerprint density at radius 2 is 1.90 bits per heavy atom. The lowest BCUT2D eigenvalue weighted by atomic mass is 9.66. The van der Waals surface area contributed by atoms with E-state index in [-0.39, 0.29) is 35.6 Å². The van der Waals surface area contributed by atoms with Gasteiger partial charge in [0.25, 0.3) is 5.91 Å². The third-order valence-corrected chi connectivity index (χ3v) is 11.3. The summed E-state index contributed by atoms with van der Waals surface area (Å²) in [5.41, 5.74) is 0.759. The minimum absolute atomic E-state index is 0.0544. The molecule has 224 valence electrons. The van der Waals surface area contributed by atoms with Gasteiger partial charge in [0.05, 0.1) is 23.2 Å². The van der Waals surface area contributed by atoms with Gasteiger partial charge in [0.15, 0.2) is 0 Å². The number of amides is 2. The van der Waals surface area contributed by atoms with Gasteiger partial charge in [0.1, 0.15) is 6.04 Å². The van der Waals surface area contributed by atoms with Crippen LogP contribution >= 0.6 is 11.8 Å². The van der Waals surface area contributed by atoms with Gasteiger partial charge in [0.2, 0.25) is 5.91 Å². The average Bonchev–Trinajstić information content (AvgIpc) is 3.59. The largest absolute Gasteiger partial charge is 0.465 e. The number of ether oxygens (including phenoxy) is 1. The molecule has 1 spiro atoms. The maximum Gasteiger partial charge on any atom is 0.310 e. The molecule has 0 saturated carbocycles. The lowest BCUT2D eigenvalue weighted by Crippen LogP contribution is -2.57. The Hall–Kier alpha value is -3.10. The predicted octanol–water partition coefficient (Wildman–Crippen LogP) is 5.37. The number of aliphatic hydroxyl groups excluding tert-OH is 1. The quantitative estimate of drug-likeness (QED) is 0.181. The summed E-state index contributed by atoms with van der Waals surface area (Å²) in [6.45, 7) is 10.9. The van der Waals surface area contributed by atoms with Crippen LogP contribution in [-0.2, 0) is 19.1 Å². The van der Waals surface area contributed by atoms with E-state index in [0.717, 1.165) is 35.7 Å². The molecule has 6 atom stereocenters. The Labute approximate surface area is 253 Å². The van der Waals surface area contributed by atoms with Gasteiger partial charge in [-0.2, -0.15) is 0 Å². The van der Waals surface area contributed by atoms with E-state index in [2.05, 4.69) is 20.1 Å². The molecule has 8 heteroatoms. The fourth-order valence-corrected chi connectivity index (χ4v) is 9.72. The molecule has 3 aliphatic rings. The van der Waals surface area contributed by atoms with Crippen molar-refractivity contribution in [3.63, 3.8) is 0 Å². The second kappa shape index (κ2) is 13.0. The number of carbonyl (C=O) groups is 3. The van der Waals surface area contributed by atoms with Crippen LogP contribution in [0.15, 0.2) is 67.8 Å². The van der Waals surface area contributed by atoms with Gasteiger partial charge in [0, 0.05) is 30.6 Å². The standard InChI is InChI=1S/C34H42N2O5S/c1-4-6-12-20-41-33(40)28-27-21-23(3)34(42-27)29(28)31(38)36(18-10-7-11-19-37)30(34)32(39)35(17-5-2)26-16-15-24-13-8-9-14-25(24)22-26/h4-5,8-9,13-16,22-23,27-30,37H,1-2,6-7,10-12,17-21H2,3H3/t23?,27-,28+,29-,30?,34?/m0/s1. The molecule has 2 amide bonds. The van der Waals surface area contributed by atoms with E-state index in [9.17, 15) is 19.5 Å². The smallest absolute Gasteiger partial charge is 0.310 e. The number of thioether (sulfide) groups is 1. The SMILES string of the molecule is C=CCCCOC(=O)[C@@H]1[C@@H]2CC(C)C3(S2)C(C(=O)N(CC=C)c2ccc4ccccc4c2)N(CCCCCO)C(=O)[C@H]13. The third-order valence-electron chi connectivity index (χ3n) is 9.23. The second-order valence-electron chi connectivity index (χ2n) is 11.7. The summed E-state index contributed by atoms with van der Waals surface area (Å²) < 4.78 is 4.99. The second-order valence-corrected chi connectivity index (χ2v) is 13.3. The first-order valence-electron chi connectivity index (χ1n) is 15.2. The highest BCUT2D eigenvalue weighted by atomic mass is 32.2. The summed E-state index contributed by atoms with van der Waals surface area (Å²) in [6.07, 6.45) is 7.80. The number of carbonyl (C=O) groups excluding carboxylic acids is 3. The van der Waals surface area contributed by atoms with Crippen molar-refractivity contribution in [3.05, 3.63) is 67.8 Å². The molecule has 3 aliphatic heterocycles. The van der Waals surface area contributed by atoms with Gasteiger partial charge >= 0.3 is 5.97 Å². The number of unbranched alkanes of at least 4 members (excludes halogenated alkanes) is 3. The maximum absolute atomic E-state index is 14.8. The first-order valence-corrected chi connectivity index (χ1v) is 16.0. The highest BCUT2D eigenvalue weighted by molar-refractivity contribution is 8.02. The highest BCUT2D eigenvalue weighted by Gasteiger charge is 2.76. The van der Waals surface area contributed by atoms with Crippen LogP contribution in [-0.4, -0.2) is 70.1 Å².